The van der Waals surface area contributed by atoms with E-state index in [0.717, 1.165) is 25.7 Å². The van der Waals surface area contributed by atoms with E-state index in [1.807, 2.05) is 24.3 Å². The summed E-state index contributed by atoms with van der Waals surface area (Å²) in [4.78, 5) is 0. The molecule has 0 amide bonds. The van der Waals surface area contributed by atoms with Crippen molar-refractivity contribution in [1.82, 2.24) is 0 Å². The third-order valence-electron chi connectivity index (χ3n) is 10.3. The molecule has 0 radical (unpaired) electrons. The Morgan fingerprint density at radius 1 is 0.478 bits per heavy atom. The molecule has 1 atom stereocenters. The highest BCUT2D eigenvalue weighted by Crippen LogP contribution is 2.57. The van der Waals surface area contributed by atoms with E-state index in [0.29, 0.717) is 17.2 Å². The van der Waals surface area contributed by atoms with Crippen LogP contribution >= 0.6 is 0 Å². The van der Waals surface area contributed by atoms with Crippen molar-refractivity contribution in [3.05, 3.63) is 178 Å². The van der Waals surface area contributed by atoms with Gasteiger partial charge in [-0.3, -0.25) is 0 Å². The molecule has 0 aromatic heterocycles. The monoisotopic (exact) mass is 604 g/mol. The number of phenols is 3. The third kappa shape index (κ3) is 5.10. The lowest BCUT2D eigenvalue weighted by Crippen LogP contribution is -2.30. The van der Waals surface area contributed by atoms with Crippen LogP contribution in [0.1, 0.15) is 78.3 Å². The maximum atomic E-state index is 9.86. The van der Waals surface area contributed by atoms with E-state index in [-0.39, 0.29) is 10.8 Å². The lowest BCUT2D eigenvalue weighted by Gasteiger charge is -2.38. The smallest absolute Gasteiger partial charge is 0.115 e. The Kier molecular flexibility index (Phi) is 8.00. The van der Waals surface area contributed by atoms with Gasteiger partial charge in [0.1, 0.15) is 17.2 Å². The summed E-state index contributed by atoms with van der Waals surface area (Å²) in [6.07, 6.45) is 12.7. The van der Waals surface area contributed by atoms with Gasteiger partial charge in [-0.15, -0.1) is 0 Å². The summed E-state index contributed by atoms with van der Waals surface area (Å²) in [5, 5.41) is 28.9. The zero-order valence-electron chi connectivity index (χ0n) is 26.1. The van der Waals surface area contributed by atoms with Gasteiger partial charge >= 0.3 is 0 Å². The van der Waals surface area contributed by atoms with Crippen LogP contribution < -0.4 is 0 Å². The van der Waals surface area contributed by atoms with Gasteiger partial charge in [0, 0.05) is 5.41 Å². The number of hydrogen-bond acceptors (Lipinski definition) is 3. The molecular weight excluding hydrogens is 564 g/mol. The Morgan fingerprint density at radius 2 is 0.978 bits per heavy atom. The largest absolute Gasteiger partial charge is 0.508 e. The molecule has 8 rings (SSSR count). The van der Waals surface area contributed by atoms with Crippen molar-refractivity contribution >= 4 is 5.57 Å². The molecule has 3 nitrogen and oxygen atoms in total. The maximum absolute atomic E-state index is 9.86. The minimum Gasteiger partial charge on any atom is -0.508 e. The summed E-state index contributed by atoms with van der Waals surface area (Å²) in [6, 6.07) is 42.5. The number of allylic oxidation sites excluding steroid dienone is 4. The van der Waals surface area contributed by atoms with Crippen LogP contribution in [-0.4, -0.2) is 15.3 Å². The highest BCUT2D eigenvalue weighted by Gasteiger charge is 2.47. The highest BCUT2D eigenvalue weighted by molar-refractivity contribution is 5.90. The molecule has 5 aromatic rings. The van der Waals surface area contributed by atoms with Crippen LogP contribution in [0.2, 0.25) is 0 Å². The minimum absolute atomic E-state index is 0.0274. The first-order valence-electron chi connectivity index (χ1n) is 16.5. The van der Waals surface area contributed by atoms with Crippen molar-refractivity contribution in [3.8, 4) is 17.2 Å². The fraction of sp³-hybridized carbons (Fsp3) is 0.209. The van der Waals surface area contributed by atoms with E-state index in [1.54, 1.807) is 36.4 Å². The topological polar surface area (TPSA) is 60.7 Å². The van der Waals surface area contributed by atoms with Gasteiger partial charge in [-0.1, -0.05) is 122 Å². The summed E-state index contributed by atoms with van der Waals surface area (Å²) in [6.45, 7) is 0. The lowest BCUT2D eigenvalue weighted by atomic mass is 9.65. The van der Waals surface area contributed by atoms with Crippen LogP contribution in [0.4, 0.5) is 0 Å². The normalized spacial score (nSPS) is 19.5. The van der Waals surface area contributed by atoms with E-state index >= 15 is 0 Å². The molecule has 1 saturated carbocycles. The Bertz CT molecular complexity index is 1810. The molecule has 1 unspecified atom stereocenters. The Balaban J connectivity index is 0.000000152. The summed E-state index contributed by atoms with van der Waals surface area (Å²) in [7, 11) is 0. The first-order chi connectivity index (χ1) is 22.5. The van der Waals surface area contributed by atoms with Crippen molar-refractivity contribution in [2.75, 3.05) is 0 Å². The quantitative estimate of drug-likeness (QED) is 0.191. The highest BCUT2D eigenvalue weighted by atomic mass is 16.3. The Hall–Kier alpha value is -5.02. The molecule has 0 spiro atoms. The summed E-state index contributed by atoms with van der Waals surface area (Å²) < 4.78 is 0. The summed E-state index contributed by atoms with van der Waals surface area (Å²) in [5.41, 5.74) is 10.3. The average molecular weight is 605 g/mol. The molecule has 0 heterocycles. The predicted octanol–water partition coefficient (Wildman–Crippen LogP) is 10.2. The molecular formula is C43H40O3. The second-order valence-corrected chi connectivity index (χ2v) is 12.8. The maximum Gasteiger partial charge on any atom is 0.115 e. The number of fused-ring (bicyclic) bond motifs is 2. The molecule has 0 saturated heterocycles. The summed E-state index contributed by atoms with van der Waals surface area (Å²) >= 11 is 0. The molecule has 230 valence electrons. The van der Waals surface area contributed by atoms with Gasteiger partial charge in [0.2, 0.25) is 0 Å². The number of hydrogen-bond donors (Lipinski definition) is 3. The van der Waals surface area contributed by atoms with E-state index in [1.165, 1.54) is 63.8 Å². The third-order valence-corrected chi connectivity index (χ3v) is 10.3. The van der Waals surface area contributed by atoms with E-state index in [2.05, 4.69) is 78.9 Å². The Labute approximate surface area is 271 Å². The molecule has 0 aliphatic heterocycles. The lowest BCUT2D eigenvalue weighted by molar-refractivity contribution is 0.345. The molecule has 46 heavy (non-hydrogen) atoms. The van der Waals surface area contributed by atoms with Crippen LogP contribution in [0, 0.1) is 0 Å². The fourth-order valence-electron chi connectivity index (χ4n) is 8.20. The van der Waals surface area contributed by atoms with Crippen LogP contribution in [0.5, 0.6) is 17.2 Å². The number of benzene rings is 5. The average Bonchev–Trinajstić information content (AvgIpc) is 3.41. The summed E-state index contributed by atoms with van der Waals surface area (Å²) in [5.74, 6) is 0.928. The van der Waals surface area contributed by atoms with Crippen LogP contribution in [0.25, 0.3) is 5.57 Å². The van der Waals surface area contributed by atoms with Gasteiger partial charge < -0.3 is 15.3 Å². The van der Waals surface area contributed by atoms with Gasteiger partial charge in [-0.05, 0) is 107 Å². The van der Waals surface area contributed by atoms with Gasteiger partial charge in [-0.25, -0.2) is 0 Å². The number of rotatable bonds is 4. The number of aromatic hydroxyl groups is 3. The van der Waals surface area contributed by atoms with Crippen molar-refractivity contribution in [1.29, 1.82) is 0 Å². The second-order valence-electron chi connectivity index (χ2n) is 12.8. The van der Waals surface area contributed by atoms with Gasteiger partial charge in [0.15, 0.2) is 0 Å². The second kappa shape index (κ2) is 12.4. The van der Waals surface area contributed by atoms with Crippen molar-refractivity contribution < 1.29 is 15.3 Å². The Morgan fingerprint density at radius 3 is 1.57 bits per heavy atom. The van der Waals surface area contributed by atoms with Gasteiger partial charge in [0.05, 0.1) is 5.41 Å². The standard InChI is InChI=1S/C25H20O.C18H20O2/c26-20-16-14-19(15-17-20)25(18-8-2-1-3-9-18)23-12-6-4-10-21(23)22-11-5-7-13-24(22)25;19-16-8-4-14(5-9-16)18(12-2-1-3-13-18)15-6-10-17(20)11-7-15/h1-6,8-12,14-17,26H,7,13H2;4-11,19-20H,1-3,12-13H2. The van der Waals surface area contributed by atoms with Gasteiger partial charge in [-0.2, -0.15) is 0 Å². The fourth-order valence-corrected chi connectivity index (χ4v) is 8.20. The van der Waals surface area contributed by atoms with E-state index in [9.17, 15) is 15.3 Å². The first-order valence-corrected chi connectivity index (χ1v) is 16.5. The van der Waals surface area contributed by atoms with Crippen molar-refractivity contribution in [3.63, 3.8) is 0 Å². The predicted molar refractivity (Wildman–Crippen MR) is 186 cm³/mol. The van der Waals surface area contributed by atoms with Crippen LogP contribution in [0.3, 0.4) is 0 Å². The molecule has 5 aromatic carbocycles. The first kappa shape index (κ1) is 29.7. The van der Waals surface area contributed by atoms with Crippen LogP contribution in [-0.2, 0) is 10.8 Å². The van der Waals surface area contributed by atoms with Crippen molar-refractivity contribution in [2.45, 2.75) is 55.8 Å². The minimum atomic E-state index is -0.286. The van der Waals surface area contributed by atoms with E-state index < -0.39 is 0 Å². The van der Waals surface area contributed by atoms with Crippen LogP contribution in [0.15, 0.2) is 145 Å². The molecule has 1 fully saturated rings. The number of phenolic OH excluding ortho intramolecular Hbond substituents is 3. The molecule has 0 bridgehead atoms. The zero-order valence-corrected chi connectivity index (χ0v) is 26.1. The molecule has 3 N–H and O–H groups in total. The molecule has 3 aliphatic carbocycles. The van der Waals surface area contributed by atoms with Crippen molar-refractivity contribution in [2.24, 2.45) is 0 Å². The molecule has 3 aliphatic rings. The zero-order chi connectivity index (χ0) is 31.6. The van der Waals surface area contributed by atoms with Gasteiger partial charge in [0.25, 0.3) is 0 Å². The van der Waals surface area contributed by atoms with E-state index in [4.69, 9.17) is 0 Å². The SMILES string of the molecule is Oc1ccc(C2(c3ccc(O)cc3)CCCCC2)cc1.Oc1ccc(C2(c3ccccc3)C3=C(C=CCC3)c3ccccc32)cc1. The molecule has 3 heteroatoms.